The van der Waals surface area contributed by atoms with Crippen molar-refractivity contribution in [3.8, 4) is 5.75 Å². The summed E-state index contributed by atoms with van der Waals surface area (Å²) in [6.45, 7) is 6.39. The largest absolute Gasteiger partial charge is 0.487 e. The van der Waals surface area contributed by atoms with Crippen molar-refractivity contribution in [2.75, 3.05) is 5.33 Å². The summed E-state index contributed by atoms with van der Waals surface area (Å²) >= 11 is 3.47. The SMILES string of the molecule is CC(=Cc1cccc2c1OC(C)(C)C2)CBr. The number of para-hydroxylation sites is 1. The van der Waals surface area contributed by atoms with Crippen molar-refractivity contribution in [2.45, 2.75) is 32.8 Å². The number of ether oxygens (including phenoxy) is 1. The van der Waals surface area contributed by atoms with Gasteiger partial charge in [0, 0.05) is 17.3 Å². The third-order valence-corrected chi connectivity index (χ3v) is 3.62. The lowest BCUT2D eigenvalue weighted by atomic mass is 10.00. The van der Waals surface area contributed by atoms with Crippen LogP contribution >= 0.6 is 15.9 Å². The Bertz CT molecular complexity index is 432. The van der Waals surface area contributed by atoms with Gasteiger partial charge in [0.1, 0.15) is 11.4 Å². The highest BCUT2D eigenvalue weighted by Gasteiger charge is 2.30. The lowest BCUT2D eigenvalue weighted by Gasteiger charge is -2.17. The summed E-state index contributed by atoms with van der Waals surface area (Å²) in [6.07, 6.45) is 3.19. The van der Waals surface area contributed by atoms with Crippen LogP contribution in [0.5, 0.6) is 5.75 Å². The summed E-state index contributed by atoms with van der Waals surface area (Å²) in [5.74, 6) is 1.06. The van der Waals surface area contributed by atoms with Crippen molar-refractivity contribution < 1.29 is 4.74 Å². The van der Waals surface area contributed by atoms with Crippen LogP contribution in [-0.4, -0.2) is 10.9 Å². The number of allylic oxidation sites excluding steroid dienone is 1. The highest BCUT2D eigenvalue weighted by Crippen LogP contribution is 2.38. The molecule has 1 aliphatic rings. The van der Waals surface area contributed by atoms with Gasteiger partial charge in [-0.25, -0.2) is 0 Å². The zero-order valence-corrected chi connectivity index (χ0v) is 11.6. The van der Waals surface area contributed by atoms with Crippen molar-refractivity contribution in [2.24, 2.45) is 0 Å². The molecule has 0 saturated carbocycles. The molecule has 1 nitrogen and oxygen atoms in total. The highest BCUT2D eigenvalue weighted by atomic mass is 79.9. The van der Waals surface area contributed by atoms with Gasteiger partial charge in [0.15, 0.2) is 0 Å². The highest BCUT2D eigenvalue weighted by molar-refractivity contribution is 9.09. The second kappa shape index (κ2) is 4.25. The molecular weight excluding hydrogens is 264 g/mol. The molecule has 1 aromatic rings. The molecule has 0 aromatic heterocycles. The van der Waals surface area contributed by atoms with Gasteiger partial charge in [-0.2, -0.15) is 0 Å². The lowest BCUT2D eigenvalue weighted by Crippen LogP contribution is -2.24. The van der Waals surface area contributed by atoms with E-state index in [2.05, 4.69) is 61.0 Å². The second-order valence-corrected chi connectivity index (χ2v) is 5.56. The molecule has 0 amide bonds. The van der Waals surface area contributed by atoms with Crippen LogP contribution in [0.15, 0.2) is 23.8 Å². The van der Waals surface area contributed by atoms with E-state index >= 15 is 0 Å². The van der Waals surface area contributed by atoms with Gasteiger partial charge >= 0.3 is 0 Å². The van der Waals surface area contributed by atoms with Crippen LogP contribution in [0, 0.1) is 0 Å². The van der Waals surface area contributed by atoms with E-state index in [1.807, 2.05) is 0 Å². The average molecular weight is 281 g/mol. The fourth-order valence-corrected chi connectivity index (χ4v) is 2.22. The van der Waals surface area contributed by atoms with Gasteiger partial charge in [0.05, 0.1) is 0 Å². The summed E-state index contributed by atoms with van der Waals surface area (Å²) in [4.78, 5) is 0. The Balaban J connectivity index is 2.41. The Hall–Kier alpha value is -0.760. The van der Waals surface area contributed by atoms with E-state index in [9.17, 15) is 0 Å². The molecule has 2 heteroatoms. The third-order valence-electron chi connectivity index (χ3n) is 2.73. The Labute approximate surface area is 106 Å². The summed E-state index contributed by atoms with van der Waals surface area (Å²) in [5.41, 5.74) is 3.76. The molecule has 1 aliphatic heterocycles. The lowest BCUT2D eigenvalue weighted by molar-refractivity contribution is 0.138. The molecule has 0 saturated heterocycles. The molecule has 0 bridgehead atoms. The first-order valence-electron chi connectivity index (χ1n) is 5.56. The minimum Gasteiger partial charge on any atom is -0.487 e. The summed E-state index contributed by atoms with van der Waals surface area (Å²) < 4.78 is 6.01. The molecule has 1 heterocycles. The maximum absolute atomic E-state index is 6.01. The maximum atomic E-state index is 6.01. The molecule has 0 aliphatic carbocycles. The number of rotatable bonds is 2. The normalized spacial score (nSPS) is 18.1. The number of fused-ring (bicyclic) bond motifs is 1. The van der Waals surface area contributed by atoms with Gasteiger partial charge in [0.2, 0.25) is 0 Å². The van der Waals surface area contributed by atoms with Crippen molar-refractivity contribution in [3.63, 3.8) is 0 Å². The topological polar surface area (TPSA) is 9.23 Å². The predicted molar refractivity (Wildman–Crippen MR) is 72.3 cm³/mol. The number of hydrogen-bond donors (Lipinski definition) is 0. The number of halogens is 1. The molecule has 0 N–H and O–H groups in total. The maximum Gasteiger partial charge on any atom is 0.130 e. The minimum absolute atomic E-state index is 0.0609. The molecule has 0 spiro atoms. The smallest absolute Gasteiger partial charge is 0.130 e. The molecule has 1 aromatic carbocycles. The fourth-order valence-electron chi connectivity index (χ4n) is 2.06. The molecule has 16 heavy (non-hydrogen) atoms. The minimum atomic E-state index is -0.0609. The first kappa shape index (κ1) is 11.7. The van der Waals surface area contributed by atoms with Crippen molar-refractivity contribution in [3.05, 3.63) is 34.9 Å². The molecular formula is C14H17BrO. The van der Waals surface area contributed by atoms with E-state index < -0.39 is 0 Å². The van der Waals surface area contributed by atoms with Crippen LogP contribution in [-0.2, 0) is 6.42 Å². The Morgan fingerprint density at radius 1 is 1.50 bits per heavy atom. The van der Waals surface area contributed by atoms with Crippen LogP contribution in [0.1, 0.15) is 31.9 Å². The van der Waals surface area contributed by atoms with E-state index in [1.165, 1.54) is 16.7 Å². The Morgan fingerprint density at radius 3 is 2.94 bits per heavy atom. The molecule has 0 radical (unpaired) electrons. The zero-order chi connectivity index (χ0) is 11.8. The van der Waals surface area contributed by atoms with Crippen molar-refractivity contribution >= 4 is 22.0 Å². The monoisotopic (exact) mass is 280 g/mol. The van der Waals surface area contributed by atoms with Crippen molar-refractivity contribution in [1.29, 1.82) is 0 Å². The first-order chi connectivity index (χ1) is 7.52. The summed E-state index contributed by atoms with van der Waals surface area (Å²) in [7, 11) is 0. The average Bonchev–Trinajstić information content (AvgIpc) is 2.53. The molecule has 0 fully saturated rings. The van der Waals surface area contributed by atoms with Crippen LogP contribution in [0.3, 0.4) is 0 Å². The summed E-state index contributed by atoms with van der Waals surface area (Å²) in [6, 6.07) is 6.38. The number of hydrogen-bond acceptors (Lipinski definition) is 1. The third kappa shape index (κ3) is 2.32. The fraction of sp³-hybridized carbons (Fsp3) is 0.429. The summed E-state index contributed by atoms with van der Waals surface area (Å²) in [5, 5.41) is 0.903. The second-order valence-electron chi connectivity index (χ2n) is 5.00. The van der Waals surface area contributed by atoms with Crippen LogP contribution in [0.4, 0.5) is 0 Å². The first-order valence-corrected chi connectivity index (χ1v) is 6.68. The van der Waals surface area contributed by atoms with Crippen LogP contribution < -0.4 is 4.74 Å². The van der Waals surface area contributed by atoms with E-state index in [0.29, 0.717) is 0 Å². The number of benzene rings is 1. The van der Waals surface area contributed by atoms with Gasteiger partial charge in [-0.15, -0.1) is 0 Å². The number of alkyl halides is 1. The van der Waals surface area contributed by atoms with Crippen molar-refractivity contribution in [1.82, 2.24) is 0 Å². The Morgan fingerprint density at radius 2 is 2.25 bits per heavy atom. The van der Waals surface area contributed by atoms with Gasteiger partial charge < -0.3 is 4.74 Å². The van der Waals surface area contributed by atoms with Gasteiger partial charge in [-0.1, -0.05) is 45.8 Å². The molecule has 0 unspecified atom stereocenters. The standard InChI is InChI=1S/C14H17BrO/c1-10(9-15)7-11-5-4-6-12-8-14(2,3)16-13(11)12/h4-7H,8-9H2,1-3H3. The van der Waals surface area contributed by atoms with Gasteiger partial charge in [-0.05, 0) is 26.3 Å². The van der Waals surface area contributed by atoms with Gasteiger partial charge in [0.25, 0.3) is 0 Å². The molecule has 86 valence electrons. The van der Waals surface area contributed by atoms with Crippen LogP contribution in [0.25, 0.3) is 6.08 Å². The quantitative estimate of drug-likeness (QED) is 0.738. The predicted octanol–water partition coefficient (Wildman–Crippen LogP) is 4.20. The van der Waals surface area contributed by atoms with E-state index in [0.717, 1.165) is 17.5 Å². The van der Waals surface area contributed by atoms with Crippen LogP contribution in [0.2, 0.25) is 0 Å². The molecule has 0 atom stereocenters. The van der Waals surface area contributed by atoms with E-state index in [-0.39, 0.29) is 5.60 Å². The Kier molecular flexibility index (Phi) is 3.11. The zero-order valence-electron chi connectivity index (χ0n) is 10.0. The van der Waals surface area contributed by atoms with E-state index in [1.54, 1.807) is 0 Å². The van der Waals surface area contributed by atoms with Gasteiger partial charge in [-0.3, -0.25) is 0 Å². The molecule has 2 rings (SSSR count). The van der Waals surface area contributed by atoms with E-state index in [4.69, 9.17) is 4.74 Å².